The van der Waals surface area contributed by atoms with Crippen LogP contribution in [0.15, 0.2) is 158 Å². The molecule has 0 rings (SSSR count). The third-order valence-corrected chi connectivity index (χ3v) is 17.4. The first-order valence-corrected chi connectivity index (χ1v) is 40.5. The molecule has 10 heteroatoms. The topological polar surface area (TPSA) is 134 Å². The monoisotopic (exact) mass is 1340 g/mol. The minimum absolute atomic E-state index is 0.0488. The number of esters is 2. The van der Waals surface area contributed by atoms with E-state index >= 15 is 0 Å². The van der Waals surface area contributed by atoms with Gasteiger partial charge in [0.2, 0.25) is 0 Å². The van der Waals surface area contributed by atoms with Crippen molar-refractivity contribution in [2.75, 3.05) is 26.4 Å². The van der Waals surface area contributed by atoms with Crippen LogP contribution in [-0.2, 0) is 32.7 Å². The predicted octanol–water partition coefficient (Wildman–Crippen LogP) is 26.3. The zero-order valence-corrected chi connectivity index (χ0v) is 62.0. The molecule has 3 N–H and O–H groups in total. The molecule has 0 fully saturated rings. The molecule has 542 valence electrons. The van der Waals surface area contributed by atoms with Crippen LogP contribution in [-0.4, -0.2) is 49.3 Å². The number of phosphoric acid groups is 1. The summed E-state index contributed by atoms with van der Waals surface area (Å²) in [6.07, 6.45) is 115. The van der Waals surface area contributed by atoms with Crippen molar-refractivity contribution in [3.05, 3.63) is 158 Å². The highest BCUT2D eigenvalue weighted by molar-refractivity contribution is 7.47. The van der Waals surface area contributed by atoms with Gasteiger partial charge in [0.1, 0.15) is 6.61 Å². The maximum absolute atomic E-state index is 12.8. The molecule has 2 unspecified atom stereocenters. The molecule has 0 spiro atoms. The van der Waals surface area contributed by atoms with Gasteiger partial charge in [-0.15, -0.1) is 0 Å². The number of carbonyl (C=O) groups is 2. The fraction of sp³-hybridized carbons (Fsp3) is 0.671. The number of hydrogen-bond donors (Lipinski definition) is 2. The van der Waals surface area contributed by atoms with Crippen molar-refractivity contribution < 1.29 is 37.6 Å². The highest BCUT2D eigenvalue weighted by Crippen LogP contribution is 2.43. The molecule has 9 nitrogen and oxygen atoms in total. The Morgan fingerprint density at radius 1 is 0.316 bits per heavy atom. The van der Waals surface area contributed by atoms with Crippen molar-refractivity contribution in [3.63, 3.8) is 0 Å². The van der Waals surface area contributed by atoms with E-state index in [1.54, 1.807) is 0 Å². The van der Waals surface area contributed by atoms with Crippen LogP contribution in [0, 0.1) is 0 Å². The van der Waals surface area contributed by atoms with Crippen LogP contribution >= 0.6 is 7.82 Å². The Morgan fingerprint density at radius 2 is 0.547 bits per heavy atom. The molecule has 0 heterocycles. The number of ether oxygens (including phenoxy) is 2. The molecule has 0 amide bonds. The van der Waals surface area contributed by atoms with Gasteiger partial charge >= 0.3 is 19.8 Å². The number of carbonyl (C=O) groups excluding carboxylic acids is 2. The summed E-state index contributed by atoms with van der Waals surface area (Å²) < 4.78 is 33.3. The maximum atomic E-state index is 12.8. The summed E-state index contributed by atoms with van der Waals surface area (Å²) in [7, 11) is -4.40. The molecular formula is C85H144NO8P. The van der Waals surface area contributed by atoms with Crippen molar-refractivity contribution in [2.45, 2.75) is 341 Å². The average molecular weight is 1340 g/mol. The molecule has 0 aromatic heterocycles. The van der Waals surface area contributed by atoms with Gasteiger partial charge in [-0.25, -0.2) is 4.57 Å². The zero-order valence-electron chi connectivity index (χ0n) is 61.1. The van der Waals surface area contributed by atoms with E-state index < -0.39 is 26.5 Å². The van der Waals surface area contributed by atoms with Gasteiger partial charge < -0.3 is 20.1 Å². The second-order valence-electron chi connectivity index (χ2n) is 25.5. The molecule has 0 aromatic carbocycles. The fourth-order valence-corrected chi connectivity index (χ4v) is 11.5. The standard InChI is InChI=1S/C85H144NO8P/c1-3-5-7-9-11-13-15-17-19-21-23-25-27-29-31-33-35-37-39-40-41-42-44-45-47-49-51-53-55-57-59-61-63-65-67-69-71-73-75-77-84(87)91-81-83(82-93-95(89,90)92-80-79-86)94-85(88)78-76-74-72-70-68-66-64-62-60-58-56-54-52-50-48-46-43-38-36-34-32-30-28-26-24-22-20-18-16-14-12-10-8-6-4-2/h5-8,11-14,17-20,23-26,29-32,35-38,46,48,83H,3-4,9-10,15-16,21-22,27-28,33-34,39-45,47,49-82,86H2,1-2H3,(H,89,90)/b7-5-,8-6-,13-11-,14-12-,19-17-,20-18-,25-23-,26-24-,31-29-,32-30-,37-35-,38-36-,48-46-. The summed E-state index contributed by atoms with van der Waals surface area (Å²) in [4.78, 5) is 35.5. The Labute approximate surface area is 585 Å². The third kappa shape index (κ3) is 78.5. The van der Waals surface area contributed by atoms with E-state index in [9.17, 15) is 19.0 Å². The second kappa shape index (κ2) is 78.6. The van der Waals surface area contributed by atoms with E-state index in [4.69, 9.17) is 24.3 Å². The largest absolute Gasteiger partial charge is 0.472 e. The summed E-state index contributed by atoms with van der Waals surface area (Å²) in [5.74, 6) is -0.823. The van der Waals surface area contributed by atoms with E-state index in [-0.39, 0.29) is 38.6 Å². The van der Waals surface area contributed by atoms with Gasteiger partial charge in [0, 0.05) is 19.4 Å². The van der Waals surface area contributed by atoms with Crippen LogP contribution in [0.2, 0.25) is 0 Å². The smallest absolute Gasteiger partial charge is 0.462 e. The lowest BCUT2D eigenvalue weighted by Gasteiger charge is -2.19. The summed E-state index contributed by atoms with van der Waals surface area (Å²) in [6, 6.07) is 0. The maximum Gasteiger partial charge on any atom is 0.472 e. The lowest BCUT2D eigenvalue weighted by molar-refractivity contribution is -0.161. The minimum Gasteiger partial charge on any atom is -0.462 e. The van der Waals surface area contributed by atoms with E-state index in [1.807, 2.05) is 0 Å². The normalized spacial score (nSPS) is 13.8. The van der Waals surface area contributed by atoms with E-state index in [2.05, 4.69) is 172 Å². The summed E-state index contributed by atoms with van der Waals surface area (Å²) >= 11 is 0. The predicted molar refractivity (Wildman–Crippen MR) is 413 cm³/mol. The van der Waals surface area contributed by atoms with E-state index in [0.717, 1.165) is 122 Å². The highest BCUT2D eigenvalue weighted by atomic mass is 31.2. The SMILES string of the molecule is CC/C=C\C/C=C\C/C=C\C/C=C\C/C=C\C/C=C\C/C=C\CCCCCCCCCCCCCCCC(=O)OC(COC(=O)CCCCCCCCCCCCCCCCCCCCCC/C=C\C/C=C\C/C=C\C/C=C\C/C=C\C/C=C\CC)COP(=O)(O)OCCN. The Morgan fingerprint density at radius 3 is 0.811 bits per heavy atom. The van der Waals surface area contributed by atoms with Crippen molar-refractivity contribution in [2.24, 2.45) is 5.73 Å². The van der Waals surface area contributed by atoms with Gasteiger partial charge in [0.25, 0.3) is 0 Å². The van der Waals surface area contributed by atoms with Crippen LogP contribution in [0.3, 0.4) is 0 Å². The molecule has 0 bridgehead atoms. The molecule has 0 aromatic rings. The lowest BCUT2D eigenvalue weighted by Crippen LogP contribution is -2.29. The number of hydrogen-bond acceptors (Lipinski definition) is 8. The summed E-state index contributed by atoms with van der Waals surface area (Å²) in [5, 5.41) is 0. The lowest BCUT2D eigenvalue weighted by atomic mass is 10.0. The Kier molecular flexibility index (Phi) is 75.0. The van der Waals surface area contributed by atoms with Gasteiger partial charge in [-0.1, -0.05) is 358 Å². The van der Waals surface area contributed by atoms with Crippen LogP contribution in [0.5, 0.6) is 0 Å². The number of allylic oxidation sites excluding steroid dienone is 26. The highest BCUT2D eigenvalue weighted by Gasteiger charge is 2.26. The number of rotatable bonds is 72. The average Bonchev–Trinajstić information content (AvgIpc) is 3.32. The van der Waals surface area contributed by atoms with Crippen molar-refractivity contribution in [1.82, 2.24) is 0 Å². The first-order chi connectivity index (χ1) is 46.8. The number of phosphoric ester groups is 1. The number of nitrogens with two attached hydrogens (primary N) is 1. The molecule has 0 saturated heterocycles. The van der Waals surface area contributed by atoms with Crippen molar-refractivity contribution in [3.8, 4) is 0 Å². The Balaban J connectivity index is 3.85. The van der Waals surface area contributed by atoms with Crippen molar-refractivity contribution in [1.29, 1.82) is 0 Å². The Bertz CT molecular complexity index is 2120. The fourth-order valence-electron chi connectivity index (χ4n) is 10.7. The molecule has 95 heavy (non-hydrogen) atoms. The Hall–Kier alpha value is -4.37. The van der Waals surface area contributed by atoms with Crippen LogP contribution in [0.25, 0.3) is 0 Å². The quantitative estimate of drug-likeness (QED) is 0.0264. The van der Waals surface area contributed by atoms with Gasteiger partial charge in [0.05, 0.1) is 13.2 Å². The van der Waals surface area contributed by atoms with E-state index in [1.165, 1.54) is 180 Å². The molecule has 0 radical (unpaired) electrons. The summed E-state index contributed by atoms with van der Waals surface area (Å²) in [5.41, 5.74) is 5.41. The first kappa shape index (κ1) is 90.6. The van der Waals surface area contributed by atoms with Crippen LogP contribution in [0.1, 0.15) is 335 Å². The molecular weight excluding hydrogens is 1190 g/mol. The minimum atomic E-state index is -4.40. The van der Waals surface area contributed by atoms with Crippen LogP contribution < -0.4 is 5.73 Å². The molecule has 2 atom stereocenters. The van der Waals surface area contributed by atoms with Gasteiger partial charge in [-0.3, -0.25) is 18.6 Å². The van der Waals surface area contributed by atoms with E-state index in [0.29, 0.717) is 6.42 Å². The first-order valence-electron chi connectivity index (χ1n) is 39.0. The molecule has 0 aliphatic heterocycles. The summed E-state index contributed by atoms with van der Waals surface area (Å²) in [6.45, 7) is 3.54. The number of unbranched alkanes of at least 4 members (excludes halogenated alkanes) is 33. The van der Waals surface area contributed by atoms with Gasteiger partial charge in [-0.2, -0.15) is 0 Å². The second-order valence-corrected chi connectivity index (χ2v) is 26.9. The van der Waals surface area contributed by atoms with Crippen molar-refractivity contribution >= 4 is 19.8 Å². The van der Waals surface area contributed by atoms with Crippen LogP contribution in [0.4, 0.5) is 0 Å². The molecule has 0 aliphatic rings. The van der Waals surface area contributed by atoms with Gasteiger partial charge in [0.15, 0.2) is 6.10 Å². The third-order valence-electron chi connectivity index (χ3n) is 16.4. The zero-order chi connectivity index (χ0) is 68.6. The molecule has 0 aliphatic carbocycles. The molecule has 0 saturated carbocycles. The van der Waals surface area contributed by atoms with Gasteiger partial charge in [-0.05, 0) is 122 Å².